The molecule has 2 unspecified atom stereocenters. The lowest BCUT2D eigenvalue weighted by Crippen LogP contribution is -2.17. The highest BCUT2D eigenvalue weighted by molar-refractivity contribution is 6.83. The third kappa shape index (κ3) is 25.9. The van der Waals surface area contributed by atoms with Gasteiger partial charge in [0.2, 0.25) is 0 Å². The van der Waals surface area contributed by atoms with Crippen LogP contribution in [0, 0.1) is 17.4 Å². The van der Waals surface area contributed by atoms with Crippen molar-refractivity contribution in [2.45, 2.75) is 168 Å². The van der Waals surface area contributed by atoms with Crippen molar-refractivity contribution in [3.05, 3.63) is 0 Å². The standard InChI is InChI=1S/C29H58OSi/c1-6-7-8-9-17-20-23-28(2)24-21-18-15-13-11-10-12-14-16-19-22-25-29(30)26-27-31(3,4)5/h28-30H,6-25H2,1-5H3. The van der Waals surface area contributed by atoms with Crippen molar-refractivity contribution >= 4 is 8.07 Å². The quantitative estimate of drug-likeness (QED) is 0.105. The molecular weight excluding hydrogens is 392 g/mol. The number of hydrogen-bond donors (Lipinski definition) is 1. The van der Waals surface area contributed by atoms with Gasteiger partial charge in [-0.2, -0.15) is 0 Å². The summed E-state index contributed by atoms with van der Waals surface area (Å²) in [6.07, 6.45) is 27.1. The minimum Gasteiger partial charge on any atom is -0.380 e. The summed E-state index contributed by atoms with van der Waals surface area (Å²) in [4.78, 5) is 0. The average Bonchev–Trinajstić information content (AvgIpc) is 2.72. The lowest BCUT2D eigenvalue weighted by atomic mass is 9.96. The molecule has 0 aromatic heterocycles. The fraction of sp³-hybridized carbons (Fsp3) is 0.931. The molecule has 0 spiro atoms. The van der Waals surface area contributed by atoms with Gasteiger partial charge in [-0.25, -0.2) is 0 Å². The zero-order valence-electron chi connectivity index (χ0n) is 22.2. The second kappa shape index (κ2) is 21.6. The van der Waals surface area contributed by atoms with E-state index in [4.69, 9.17) is 0 Å². The van der Waals surface area contributed by atoms with Gasteiger partial charge in [0.1, 0.15) is 14.2 Å². The van der Waals surface area contributed by atoms with E-state index in [1.165, 1.54) is 116 Å². The molecule has 0 aliphatic heterocycles. The molecule has 2 atom stereocenters. The van der Waals surface area contributed by atoms with Crippen LogP contribution < -0.4 is 0 Å². The summed E-state index contributed by atoms with van der Waals surface area (Å²) in [6.45, 7) is 11.4. The van der Waals surface area contributed by atoms with Crippen LogP contribution in [-0.4, -0.2) is 19.3 Å². The molecule has 0 bridgehead atoms. The van der Waals surface area contributed by atoms with Gasteiger partial charge in [-0.15, -0.1) is 5.54 Å². The summed E-state index contributed by atoms with van der Waals surface area (Å²) in [6, 6.07) is 0. The molecule has 0 aromatic carbocycles. The van der Waals surface area contributed by atoms with Crippen molar-refractivity contribution < 1.29 is 5.11 Å². The van der Waals surface area contributed by atoms with Gasteiger partial charge in [0.25, 0.3) is 0 Å². The van der Waals surface area contributed by atoms with Crippen molar-refractivity contribution in [3.63, 3.8) is 0 Å². The summed E-state index contributed by atoms with van der Waals surface area (Å²) < 4.78 is 0. The smallest absolute Gasteiger partial charge is 0.129 e. The first kappa shape index (κ1) is 30.7. The molecule has 0 saturated carbocycles. The van der Waals surface area contributed by atoms with Gasteiger partial charge in [-0.3, -0.25) is 0 Å². The average molecular weight is 451 g/mol. The lowest BCUT2D eigenvalue weighted by molar-refractivity contribution is 0.217. The van der Waals surface area contributed by atoms with Crippen LogP contribution >= 0.6 is 0 Å². The van der Waals surface area contributed by atoms with Crippen molar-refractivity contribution in [1.82, 2.24) is 0 Å². The largest absolute Gasteiger partial charge is 0.380 e. The van der Waals surface area contributed by atoms with E-state index in [2.05, 4.69) is 45.0 Å². The van der Waals surface area contributed by atoms with E-state index in [0.717, 1.165) is 18.8 Å². The Morgan fingerprint density at radius 1 is 0.581 bits per heavy atom. The van der Waals surface area contributed by atoms with Gasteiger partial charge in [0.05, 0.1) is 0 Å². The highest BCUT2D eigenvalue weighted by atomic mass is 28.3. The first-order valence-corrected chi connectivity index (χ1v) is 17.6. The van der Waals surface area contributed by atoms with E-state index in [0.29, 0.717) is 0 Å². The molecule has 0 aliphatic carbocycles. The highest BCUT2D eigenvalue weighted by Crippen LogP contribution is 2.19. The maximum absolute atomic E-state index is 9.93. The first-order chi connectivity index (χ1) is 14.8. The predicted molar refractivity (Wildman–Crippen MR) is 144 cm³/mol. The summed E-state index contributed by atoms with van der Waals surface area (Å²) >= 11 is 0. The molecule has 1 nitrogen and oxygen atoms in total. The number of hydrogen-bond acceptors (Lipinski definition) is 1. The fourth-order valence-electron chi connectivity index (χ4n) is 4.21. The van der Waals surface area contributed by atoms with Crippen LogP contribution in [-0.2, 0) is 0 Å². The maximum Gasteiger partial charge on any atom is 0.129 e. The molecular formula is C29H58OSi. The lowest BCUT2D eigenvalue weighted by Gasteiger charge is -2.11. The molecule has 0 radical (unpaired) electrons. The fourth-order valence-corrected chi connectivity index (χ4v) is 4.81. The maximum atomic E-state index is 9.93. The molecule has 0 amide bonds. The molecule has 0 heterocycles. The monoisotopic (exact) mass is 450 g/mol. The predicted octanol–water partition coefficient (Wildman–Crippen LogP) is 9.69. The Kier molecular flexibility index (Phi) is 21.4. The van der Waals surface area contributed by atoms with E-state index < -0.39 is 14.2 Å². The van der Waals surface area contributed by atoms with Crippen LogP contribution in [0.3, 0.4) is 0 Å². The normalized spacial score (nSPS) is 13.6. The first-order valence-electron chi connectivity index (χ1n) is 14.1. The van der Waals surface area contributed by atoms with Gasteiger partial charge in [-0.1, -0.05) is 155 Å². The third-order valence-electron chi connectivity index (χ3n) is 6.34. The van der Waals surface area contributed by atoms with Crippen molar-refractivity contribution in [3.8, 4) is 11.5 Å². The number of aliphatic hydroxyl groups excluding tert-OH is 1. The molecule has 1 N–H and O–H groups in total. The van der Waals surface area contributed by atoms with Crippen LogP contribution in [0.15, 0.2) is 0 Å². The van der Waals surface area contributed by atoms with Gasteiger partial charge < -0.3 is 5.11 Å². The Labute approximate surface area is 198 Å². The third-order valence-corrected chi connectivity index (χ3v) is 7.23. The molecule has 0 aromatic rings. The molecule has 0 rings (SSSR count). The Morgan fingerprint density at radius 2 is 0.935 bits per heavy atom. The van der Waals surface area contributed by atoms with Crippen LogP contribution in [0.2, 0.25) is 19.6 Å². The SMILES string of the molecule is CCCCCCCCC(C)CCCCCCCCCCCCCC(O)C#C[Si](C)(C)C. The van der Waals surface area contributed by atoms with Crippen molar-refractivity contribution in [2.24, 2.45) is 5.92 Å². The van der Waals surface area contributed by atoms with E-state index in [1.54, 1.807) is 0 Å². The molecule has 0 aliphatic rings. The molecule has 184 valence electrons. The zero-order valence-corrected chi connectivity index (χ0v) is 23.2. The summed E-state index contributed by atoms with van der Waals surface area (Å²) in [5.74, 6) is 4.00. The van der Waals surface area contributed by atoms with E-state index in [9.17, 15) is 5.11 Å². The van der Waals surface area contributed by atoms with Crippen LogP contribution in [0.1, 0.15) is 142 Å². The second-order valence-electron chi connectivity index (χ2n) is 11.2. The summed E-state index contributed by atoms with van der Waals surface area (Å²) in [7, 11) is -1.34. The van der Waals surface area contributed by atoms with E-state index in [1.807, 2.05) is 0 Å². The van der Waals surface area contributed by atoms with Crippen LogP contribution in [0.25, 0.3) is 0 Å². The summed E-state index contributed by atoms with van der Waals surface area (Å²) in [5, 5.41) is 9.93. The minimum absolute atomic E-state index is 0.398. The van der Waals surface area contributed by atoms with Crippen LogP contribution in [0.4, 0.5) is 0 Å². The summed E-state index contributed by atoms with van der Waals surface area (Å²) in [5.41, 5.74) is 3.27. The topological polar surface area (TPSA) is 20.2 Å². The number of aliphatic hydroxyl groups is 1. The van der Waals surface area contributed by atoms with E-state index >= 15 is 0 Å². The van der Waals surface area contributed by atoms with Crippen LogP contribution in [0.5, 0.6) is 0 Å². The van der Waals surface area contributed by atoms with Crippen molar-refractivity contribution in [1.29, 1.82) is 0 Å². The van der Waals surface area contributed by atoms with E-state index in [-0.39, 0.29) is 0 Å². The van der Waals surface area contributed by atoms with Gasteiger partial charge in [0.15, 0.2) is 0 Å². The Bertz CT molecular complexity index is 428. The zero-order chi connectivity index (χ0) is 23.2. The Balaban J connectivity index is 3.28. The minimum atomic E-state index is -1.34. The number of rotatable bonds is 21. The Morgan fingerprint density at radius 3 is 1.32 bits per heavy atom. The van der Waals surface area contributed by atoms with Gasteiger partial charge >= 0.3 is 0 Å². The van der Waals surface area contributed by atoms with Crippen molar-refractivity contribution in [2.75, 3.05) is 0 Å². The van der Waals surface area contributed by atoms with Gasteiger partial charge in [-0.05, 0) is 18.8 Å². The Hall–Kier alpha value is -0.263. The highest BCUT2D eigenvalue weighted by Gasteiger charge is 2.08. The molecule has 0 fully saturated rings. The second-order valence-corrected chi connectivity index (χ2v) is 15.9. The number of unbranched alkanes of at least 4 members (excludes halogenated alkanes) is 15. The molecule has 31 heavy (non-hydrogen) atoms. The molecule has 0 saturated heterocycles. The van der Waals surface area contributed by atoms with Gasteiger partial charge in [0, 0.05) is 0 Å². The molecule has 2 heteroatoms.